The van der Waals surface area contributed by atoms with E-state index in [4.69, 9.17) is 4.74 Å². The van der Waals surface area contributed by atoms with Crippen LogP contribution < -0.4 is 9.46 Å². The van der Waals surface area contributed by atoms with E-state index in [1.165, 1.54) is 48.4 Å². The lowest BCUT2D eigenvalue weighted by atomic mass is 10.1. The minimum atomic E-state index is -4.46. The molecular weight excluding hydrogens is 476 g/mol. The van der Waals surface area contributed by atoms with Gasteiger partial charge in [-0.05, 0) is 47.5 Å². The first-order chi connectivity index (χ1) is 16.0. The molecule has 0 aliphatic carbocycles. The van der Waals surface area contributed by atoms with Crippen molar-refractivity contribution < 1.29 is 35.5 Å². The van der Waals surface area contributed by atoms with Crippen LogP contribution in [0.1, 0.15) is 21.5 Å². The third kappa shape index (κ3) is 5.54. The van der Waals surface area contributed by atoms with Gasteiger partial charge in [-0.25, -0.2) is 30.7 Å². The third-order valence-corrected chi connectivity index (χ3v) is 6.36. The molecule has 1 amide bonds. The maximum absolute atomic E-state index is 13.9. The molecule has 11 heteroatoms. The largest absolute Gasteiger partial charge is 0.494 e. The Labute approximate surface area is 193 Å². The van der Waals surface area contributed by atoms with Gasteiger partial charge >= 0.3 is 0 Å². The lowest BCUT2D eigenvalue weighted by Gasteiger charge is -2.18. The first kappa shape index (κ1) is 25.2. The number of benzene rings is 3. The van der Waals surface area contributed by atoms with Crippen LogP contribution in [0.3, 0.4) is 0 Å². The topological polar surface area (TPSA) is 75.7 Å². The van der Waals surface area contributed by atoms with Crippen molar-refractivity contribution in [1.82, 2.24) is 9.62 Å². The van der Waals surface area contributed by atoms with E-state index in [-0.39, 0.29) is 24.7 Å². The maximum Gasteiger partial charge on any atom is 0.253 e. The Morgan fingerprint density at radius 2 is 1.56 bits per heavy atom. The molecule has 6 nitrogen and oxygen atoms in total. The molecular formula is C23H20F4N2O4S. The van der Waals surface area contributed by atoms with Crippen LogP contribution >= 0.6 is 0 Å². The molecule has 0 saturated carbocycles. The van der Waals surface area contributed by atoms with E-state index in [9.17, 15) is 30.8 Å². The first-order valence-corrected chi connectivity index (χ1v) is 11.3. The number of nitrogens with one attached hydrogen (secondary N) is 1. The highest BCUT2D eigenvalue weighted by molar-refractivity contribution is 7.89. The van der Waals surface area contributed by atoms with Crippen molar-refractivity contribution in [2.45, 2.75) is 18.0 Å². The van der Waals surface area contributed by atoms with Crippen LogP contribution in [-0.4, -0.2) is 33.4 Å². The summed E-state index contributed by atoms with van der Waals surface area (Å²) < 4.78 is 85.6. The number of carbonyl (C=O) groups excluding carboxylic acids is 1. The number of methoxy groups -OCH3 is 1. The van der Waals surface area contributed by atoms with Gasteiger partial charge in [0.25, 0.3) is 5.91 Å². The highest BCUT2D eigenvalue weighted by Gasteiger charge is 2.24. The Hall–Kier alpha value is -3.44. The Balaban J connectivity index is 1.65. The second-order valence-electron chi connectivity index (χ2n) is 7.33. The molecule has 0 fully saturated rings. The molecule has 1 N–H and O–H groups in total. The zero-order chi connectivity index (χ0) is 25.0. The Morgan fingerprint density at radius 3 is 2.18 bits per heavy atom. The van der Waals surface area contributed by atoms with E-state index in [0.717, 1.165) is 0 Å². The van der Waals surface area contributed by atoms with Gasteiger partial charge in [-0.3, -0.25) is 4.79 Å². The second kappa shape index (κ2) is 10.2. The molecule has 3 aromatic carbocycles. The third-order valence-electron chi connectivity index (χ3n) is 4.94. The molecule has 0 radical (unpaired) electrons. The molecule has 0 heterocycles. The van der Waals surface area contributed by atoms with Gasteiger partial charge in [0.1, 0.15) is 4.90 Å². The van der Waals surface area contributed by atoms with E-state index < -0.39 is 38.2 Å². The van der Waals surface area contributed by atoms with Crippen molar-refractivity contribution in [3.63, 3.8) is 0 Å². The molecule has 3 rings (SSSR count). The average Bonchev–Trinajstić information content (AvgIpc) is 2.81. The average molecular weight is 496 g/mol. The summed E-state index contributed by atoms with van der Waals surface area (Å²) in [7, 11) is -1.56. The van der Waals surface area contributed by atoms with Crippen molar-refractivity contribution in [3.8, 4) is 5.75 Å². The minimum absolute atomic E-state index is 0.0937. The molecule has 0 saturated heterocycles. The van der Waals surface area contributed by atoms with E-state index in [0.29, 0.717) is 28.8 Å². The van der Waals surface area contributed by atoms with Crippen molar-refractivity contribution in [2.24, 2.45) is 0 Å². The highest BCUT2D eigenvalue weighted by atomic mass is 32.2. The van der Waals surface area contributed by atoms with Crippen LogP contribution in [0.4, 0.5) is 17.6 Å². The number of sulfonamides is 1. The lowest BCUT2D eigenvalue weighted by molar-refractivity contribution is 0.0785. The van der Waals surface area contributed by atoms with Gasteiger partial charge in [-0.2, -0.15) is 0 Å². The quantitative estimate of drug-likeness (QED) is 0.378. The van der Waals surface area contributed by atoms with Gasteiger partial charge < -0.3 is 9.64 Å². The van der Waals surface area contributed by atoms with E-state index in [1.54, 1.807) is 13.1 Å². The molecule has 0 atom stereocenters. The lowest BCUT2D eigenvalue weighted by Crippen LogP contribution is -2.26. The van der Waals surface area contributed by atoms with Gasteiger partial charge in [-0.15, -0.1) is 0 Å². The highest BCUT2D eigenvalue weighted by Crippen LogP contribution is 2.21. The predicted molar refractivity (Wildman–Crippen MR) is 116 cm³/mol. The predicted octanol–water partition coefficient (Wildman–Crippen LogP) is 4.00. The summed E-state index contributed by atoms with van der Waals surface area (Å²) >= 11 is 0. The van der Waals surface area contributed by atoms with Crippen LogP contribution in [0.5, 0.6) is 5.75 Å². The van der Waals surface area contributed by atoms with Gasteiger partial charge in [0.2, 0.25) is 10.0 Å². The summed E-state index contributed by atoms with van der Waals surface area (Å²) in [5.74, 6) is -6.00. The molecule has 0 spiro atoms. The monoisotopic (exact) mass is 496 g/mol. The smallest absolute Gasteiger partial charge is 0.253 e. The van der Waals surface area contributed by atoms with E-state index in [1.807, 2.05) is 0 Å². The SMILES string of the molecule is COc1ccc(CN(C)C(=O)c2ccc(CNS(=O)(=O)c3ccc(F)c(F)c3F)cc2)cc1F. The Bertz CT molecular complexity index is 1320. The van der Waals surface area contributed by atoms with Crippen molar-refractivity contribution in [1.29, 1.82) is 0 Å². The number of rotatable bonds is 8. The second-order valence-corrected chi connectivity index (χ2v) is 9.06. The molecule has 0 aliphatic rings. The Morgan fingerprint density at radius 1 is 0.912 bits per heavy atom. The summed E-state index contributed by atoms with van der Waals surface area (Å²) in [6.45, 7) is -0.142. The number of ether oxygens (including phenoxy) is 1. The summed E-state index contributed by atoms with van der Waals surface area (Å²) in [6.07, 6.45) is 0. The van der Waals surface area contributed by atoms with E-state index >= 15 is 0 Å². The van der Waals surface area contributed by atoms with Crippen LogP contribution in [0.25, 0.3) is 0 Å². The fraction of sp³-hybridized carbons (Fsp3) is 0.174. The summed E-state index contributed by atoms with van der Waals surface area (Å²) in [5.41, 5.74) is 1.29. The number of nitrogens with zero attached hydrogens (tertiary/aromatic N) is 1. The molecule has 0 bridgehead atoms. The van der Waals surface area contributed by atoms with Gasteiger partial charge in [0, 0.05) is 25.7 Å². The van der Waals surface area contributed by atoms with Crippen LogP contribution in [-0.2, 0) is 23.1 Å². The number of hydrogen-bond acceptors (Lipinski definition) is 4. The fourth-order valence-corrected chi connectivity index (χ4v) is 4.20. The van der Waals surface area contributed by atoms with E-state index in [2.05, 4.69) is 4.72 Å². The van der Waals surface area contributed by atoms with Crippen molar-refractivity contribution >= 4 is 15.9 Å². The standard InChI is InChI=1S/C23H20F4N2O4S/c1-29(13-15-5-9-19(33-2)18(25)11-15)23(30)16-6-3-14(4-7-16)12-28-34(31,32)20-10-8-17(24)21(26)22(20)27/h3-11,28H,12-13H2,1-2H3. The first-order valence-electron chi connectivity index (χ1n) is 9.83. The van der Waals surface area contributed by atoms with Gasteiger partial charge in [0.15, 0.2) is 29.0 Å². The molecule has 0 unspecified atom stereocenters. The fourth-order valence-electron chi connectivity index (χ4n) is 3.11. The number of carbonyl (C=O) groups is 1. The molecule has 0 aliphatic heterocycles. The maximum atomic E-state index is 13.9. The summed E-state index contributed by atoms with van der Waals surface area (Å²) in [4.78, 5) is 13.0. The van der Waals surface area contributed by atoms with Crippen molar-refractivity contribution in [3.05, 3.63) is 94.6 Å². The van der Waals surface area contributed by atoms with Gasteiger partial charge in [-0.1, -0.05) is 18.2 Å². The number of hydrogen-bond donors (Lipinski definition) is 1. The number of halogens is 4. The minimum Gasteiger partial charge on any atom is -0.494 e. The molecule has 34 heavy (non-hydrogen) atoms. The van der Waals surface area contributed by atoms with Crippen LogP contribution in [0.15, 0.2) is 59.5 Å². The normalized spacial score (nSPS) is 11.4. The summed E-state index contributed by atoms with van der Waals surface area (Å²) in [5, 5.41) is 0. The van der Waals surface area contributed by atoms with Gasteiger partial charge in [0.05, 0.1) is 7.11 Å². The van der Waals surface area contributed by atoms with Crippen molar-refractivity contribution in [2.75, 3.05) is 14.2 Å². The molecule has 0 aromatic heterocycles. The molecule has 180 valence electrons. The number of amides is 1. The Kier molecular flexibility index (Phi) is 7.57. The van der Waals surface area contributed by atoms with Crippen LogP contribution in [0, 0.1) is 23.3 Å². The molecule has 3 aromatic rings. The zero-order valence-corrected chi connectivity index (χ0v) is 18.9. The zero-order valence-electron chi connectivity index (χ0n) is 18.1. The van der Waals surface area contributed by atoms with Crippen LogP contribution in [0.2, 0.25) is 0 Å². The summed E-state index contributed by atoms with van der Waals surface area (Å²) in [6, 6.07) is 11.4.